The number of rotatable bonds is 6. The molecule has 0 radical (unpaired) electrons. The number of nitrogens with zero attached hydrogens (tertiary/aromatic N) is 6. The molecule has 0 spiro atoms. The SMILES string of the molecule is CC1CN(C[C@H]2CN(C(=O)OC(C)(C)C)[C@H](C)CN2CC(=O)N2CC(C)(C)c3ncc(Cc4ccc(F)cc4F)cc32)C(=O)CN1C. The van der Waals surface area contributed by atoms with Gasteiger partial charge in [0.25, 0.3) is 0 Å². The van der Waals surface area contributed by atoms with Gasteiger partial charge in [-0.05, 0) is 64.9 Å². The van der Waals surface area contributed by atoms with E-state index in [-0.39, 0.29) is 42.9 Å². The molecule has 1 aromatic heterocycles. The lowest BCUT2D eigenvalue weighted by atomic mass is 9.91. The first-order valence-electron chi connectivity index (χ1n) is 16.4. The summed E-state index contributed by atoms with van der Waals surface area (Å²) in [5.74, 6) is -1.36. The van der Waals surface area contributed by atoms with Gasteiger partial charge in [0.2, 0.25) is 11.8 Å². The summed E-state index contributed by atoms with van der Waals surface area (Å²) in [6.45, 7) is 16.1. The fraction of sp³-hybridized carbons (Fsp3) is 0.600. The number of hydrogen-bond donors (Lipinski definition) is 0. The summed E-state index contributed by atoms with van der Waals surface area (Å²) >= 11 is 0. The van der Waals surface area contributed by atoms with Crippen molar-refractivity contribution in [1.29, 1.82) is 0 Å². The van der Waals surface area contributed by atoms with Crippen LogP contribution in [0, 0.1) is 11.6 Å². The molecule has 0 saturated carbocycles. The average molecular weight is 655 g/mol. The minimum Gasteiger partial charge on any atom is -0.444 e. The molecule has 10 nitrogen and oxygen atoms in total. The van der Waals surface area contributed by atoms with Crippen molar-refractivity contribution in [3.63, 3.8) is 0 Å². The number of benzene rings is 1. The number of piperazine rings is 2. The van der Waals surface area contributed by atoms with Gasteiger partial charge in [0, 0.05) is 74.9 Å². The molecule has 0 aliphatic carbocycles. The van der Waals surface area contributed by atoms with E-state index in [2.05, 4.69) is 11.8 Å². The standard InChI is InChI=1S/C35H48F2N6O4/c1-22-15-41(30(44)19-39(22)8)17-27-18-42(33(46)47-34(3,4)5)23(2)16-40(27)20-31(45)43-21-35(6,7)32-29(43)12-24(14-38-32)11-25-9-10-26(36)13-28(25)37/h9-10,12-14,22-23,27H,11,15-21H2,1-8H3/t22?,23-,27+/m1/s1. The Labute approximate surface area is 276 Å². The monoisotopic (exact) mass is 654 g/mol. The van der Waals surface area contributed by atoms with Crippen LogP contribution in [0.1, 0.15) is 65.3 Å². The first-order valence-corrected chi connectivity index (χ1v) is 16.4. The number of amides is 3. The van der Waals surface area contributed by atoms with Gasteiger partial charge in [-0.1, -0.05) is 19.9 Å². The number of likely N-dealkylation sites (N-methyl/N-ethyl adjacent to an activating group) is 1. The second-order valence-corrected chi connectivity index (χ2v) is 15.1. The van der Waals surface area contributed by atoms with Crippen LogP contribution in [-0.2, 0) is 26.2 Å². The van der Waals surface area contributed by atoms with E-state index in [0.29, 0.717) is 56.1 Å². The highest BCUT2D eigenvalue weighted by Gasteiger charge is 2.43. The molecule has 0 N–H and O–H groups in total. The maximum Gasteiger partial charge on any atom is 0.410 e. The lowest BCUT2D eigenvalue weighted by Gasteiger charge is -2.47. The Morgan fingerprint density at radius 2 is 1.79 bits per heavy atom. The Hall–Kier alpha value is -3.64. The zero-order chi connectivity index (χ0) is 34.4. The number of carbonyl (C=O) groups excluding carboxylic acids is 3. The highest BCUT2D eigenvalue weighted by molar-refractivity contribution is 5.97. The lowest BCUT2D eigenvalue weighted by molar-refractivity contribution is -0.139. The van der Waals surface area contributed by atoms with Crippen LogP contribution in [0.3, 0.4) is 0 Å². The molecule has 47 heavy (non-hydrogen) atoms. The Balaban J connectivity index is 1.38. The Morgan fingerprint density at radius 3 is 2.47 bits per heavy atom. The maximum absolute atomic E-state index is 14.5. The van der Waals surface area contributed by atoms with Crippen LogP contribution in [0.2, 0.25) is 0 Å². The molecule has 1 unspecified atom stereocenters. The van der Waals surface area contributed by atoms with Crippen LogP contribution in [0.15, 0.2) is 30.5 Å². The molecule has 12 heteroatoms. The molecule has 1 aromatic carbocycles. The zero-order valence-electron chi connectivity index (χ0n) is 28.8. The zero-order valence-corrected chi connectivity index (χ0v) is 28.8. The van der Waals surface area contributed by atoms with E-state index >= 15 is 0 Å². The summed E-state index contributed by atoms with van der Waals surface area (Å²) in [4.78, 5) is 54.6. The topological polar surface area (TPSA) is 89.5 Å². The number of carbonyl (C=O) groups is 3. The van der Waals surface area contributed by atoms with Crippen molar-refractivity contribution in [3.8, 4) is 0 Å². The van der Waals surface area contributed by atoms with Crippen molar-refractivity contribution in [1.82, 2.24) is 24.6 Å². The second-order valence-electron chi connectivity index (χ2n) is 15.1. The number of ether oxygens (including phenoxy) is 1. The van der Waals surface area contributed by atoms with Crippen LogP contribution >= 0.6 is 0 Å². The molecule has 3 aliphatic rings. The molecule has 256 valence electrons. The summed E-state index contributed by atoms with van der Waals surface area (Å²) < 4.78 is 33.7. The third-order valence-corrected chi connectivity index (χ3v) is 9.45. The predicted octanol–water partition coefficient (Wildman–Crippen LogP) is 4.05. The number of halogens is 2. The quantitative estimate of drug-likeness (QED) is 0.465. The second kappa shape index (κ2) is 13.1. The largest absolute Gasteiger partial charge is 0.444 e. The molecular formula is C35H48F2N6O4. The van der Waals surface area contributed by atoms with Gasteiger partial charge >= 0.3 is 6.09 Å². The van der Waals surface area contributed by atoms with E-state index < -0.39 is 28.7 Å². The van der Waals surface area contributed by atoms with Crippen LogP contribution in [0.5, 0.6) is 0 Å². The first kappa shape index (κ1) is 34.7. The Bertz CT molecular complexity index is 1530. The molecular weight excluding hydrogens is 606 g/mol. The van der Waals surface area contributed by atoms with E-state index in [1.807, 2.05) is 64.5 Å². The summed E-state index contributed by atoms with van der Waals surface area (Å²) in [6.07, 6.45) is 1.49. The molecule has 4 heterocycles. The lowest BCUT2D eigenvalue weighted by Crippen LogP contribution is -2.65. The van der Waals surface area contributed by atoms with Crippen molar-refractivity contribution < 1.29 is 27.9 Å². The van der Waals surface area contributed by atoms with Crippen molar-refractivity contribution in [2.75, 3.05) is 57.8 Å². The van der Waals surface area contributed by atoms with Crippen molar-refractivity contribution in [2.45, 2.75) is 84.0 Å². The molecule has 3 atom stereocenters. The normalized spacial score (nSPS) is 23.7. The number of anilines is 1. The van der Waals surface area contributed by atoms with Crippen LogP contribution in [-0.4, -0.2) is 119 Å². The Morgan fingerprint density at radius 1 is 1.06 bits per heavy atom. The molecule has 2 fully saturated rings. The molecule has 2 aromatic rings. The van der Waals surface area contributed by atoms with Gasteiger partial charge in [-0.25, -0.2) is 13.6 Å². The van der Waals surface area contributed by atoms with Crippen molar-refractivity contribution in [3.05, 3.63) is 58.9 Å². The number of pyridine rings is 1. The fourth-order valence-electron chi connectivity index (χ4n) is 6.75. The minimum absolute atomic E-state index is 0.0192. The average Bonchev–Trinajstić information content (AvgIpc) is 3.23. The number of aromatic nitrogens is 1. The van der Waals surface area contributed by atoms with E-state index in [1.54, 1.807) is 16.0 Å². The summed E-state index contributed by atoms with van der Waals surface area (Å²) in [5, 5.41) is 0. The summed E-state index contributed by atoms with van der Waals surface area (Å²) in [7, 11) is 1.93. The van der Waals surface area contributed by atoms with Gasteiger partial charge in [-0.15, -0.1) is 0 Å². The van der Waals surface area contributed by atoms with Gasteiger partial charge in [-0.2, -0.15) is 0 Å². The minimum atomic E-state index is -0.659. The number of fused-ring (bicyclic) bond motifs is 1. The summed E-state index contributed by atoms with van der Waals surface area (Å²) in [6, 6.07) is 5.07. The molecule has 5 rings (SSSR count). The van der Waals surface area contributed by atoms with Crippen molar-refractivity contribution in [2.24, 2.45) is 0 Å². The molecule has 3 amide bonds. The van der Waals surface area contributed by atoms with Crippen LogP contribution < -0.4 is 4.90 Å². The van der Waals surface area contributed by atoms with Crippen LogP contribution in [0.25, 0.3) is 0 Å². The fourth-order valence-corrected chi connectivity index (χ4v) is 6.75. The van der Waals surface area contributed by atoms with E-state index in [4.69, 9.17) is 9.72 Å². The third-order valence-electron chi connectivity index (χ3n) is 9.45. The first-order chi connectivity index (χ1) is 21.9. The summed E-state index contributed by atoms with van der Waals surface area (Å²) in [5.41, 5.74) is 1.45. The highest BCUT2D eigenvalue weighted by atomic mass is 19.1. The number of hydrogen-bond acceptors (Lipinski definition) is 7. The van der Waals surface area contributed by atoms with Gasteiger partial charge in [-0.3, -0.25) is 24.4 Å². The molecule has 0 bridgehead atoms. The molecule has 3 aliphatic heterocycles. The predicted molar refractivity (Wildman–Crippen MR) is 175 cm³/mol. The van der Waals surface area contributed by atoms with Crippen LogP contribution in [0.4, 0.5) is 19.3 Å². The smallest absolute Gasteiger partial charge is 0.410 e. The van der Waals surface area contributed by atoms with Gasteiger partial charge < -0.3 is 19.4 Å². The third kappa shape index (κ3) is 7.75. The highest BCUT2D eigenvalue weighted by Crippen LogP contribution is 2.40. The van der Waals surface area contributed by atoms with Crippen molar-refractivity contribution >= 4 is 23.6 Å². The Kier molecular flexibility index (Phi) is 9.67. The van der Waals surface area contributed by atoms with E-state index in [0.717, 1.165) is 11.8 Å². The van der Waals surface area contributed by atoms with E-state index in [9.17, 15) is 23.2 Å². The van der Waals surface area contributed by atoms with Gasteiger partial charge in [0.15, 0.2) is 0 Å². The maximum atomic E-state index is 14.5. The van der Waals surface area contributed by atoms with E-state index in [1.165, 1.54) is 12.1 Å². The van der Waals surface area contributed by atoms with Gasteiger partial charge in [0.05, 0.1) is 24.5 Å². The van der Waals surface area contributed by atoms with Gasteiger partial charge in [0.1, 0.15) is 17.2 Å². The molecule has 2 saturated heterocycles.